The monoisotopic (exact) mass is 390 g/mol. The molecule has 2 aliphatic rings. The quantitative estimate of drug-likeness (QED) is 0.557. The normalized spacial score (nSPS) is 28.0. The fraction of sp³-hybridized carbons (Fsp3) is 0.619. The molecule has 1 saturated heterocycles. The molecule has 0 radical (unpaired) electrons. The Morgan fingerprint density at radius 2 is 1.89 bits per heavy atom. The maximum Gasteiger partial charge on any atom is 0.338 e. The summed E-state index contributed by atoms with van der Waals surface area (Å²) < 4.78 is 17.8. The van der Waals surface area contributed by atoms with Gasteiger partial charge in [0.15, 0.2) is 8.32 Å². The molecule has 148 valence electrons. The van der Waals surface area contributed by atoms with Crippen molar-refractivity contribution >= 4 is 20.3 Å². The Morgan fingerprint density at radius 3 is 2.52 bits per heavy atom. The number of fused-ring (bicyclic) bond motifs is 1. The molecule has 4 atom stereocenters. The van der Waals surface area contributed by atoms with Crippen molar-refractivity contribution in [2.45, 2.75) is 64.0 Å². The zero-order valence-corrected chi connectivity index (χ0v) is 17.9. The Labute approximate surface area is 162 Å². The highest BCUT2D eigenvalue weighted by molar-refractivity contribution is 6.74. The van der Waals surface area contributed by atoms with Crippen molar-refractivity contribution in [3.63, 3.8) is 0 Å². The van der Waals surface area contributed by atoms with Crippen molar-refractivity contribution in [2.24, 2.45) is 11.8 Å². The molecule has 1 aliphatic carbocycles. The molecule has 1 aliphatic heterocycles. The average molecular weight is 391 g/mol. The number of hydrogen-bond donors (Lipinski definition) is 0. The van der Waals surface area contributed by atoms with Crippen molar-refractivity contribution in [3.8, 4) is 0 Å². The van der Waals surface area contributed by atoms with Crippen LogP contribution in [0.3, 0.4) is 0 Å². The molecule has 6 heteroatoms. The molecule has 0 N–H and O–H groups in total. The third-order valence-electron chi connectivity index (χ3n) is 6.31. The predicted octanol–water partition coefficient (Wildman–Crippen LogP) is 4.19. The van der Waals surface area contributed by atoms with Gasteiger partial charge in [0.05, 0.1) is 17.9 Å². The van der Waals surface area contributed by atoms with E-state index in [-0.39, 0.29) is 41.0 Å². The molecule has 3 rings (SSSR count). The van der Waals surface area contributed by atoms with Crippen LogP contribution in [0, 0.1) is 11.8 Å². The SMILES string of the molecule is CC(C)(C)[Si](C)(C)OC[C@@H]1C2OC(=O)CC2C[C@H]1OC(=O)c1ccccc1. The minimum Gasteiger partial charge on any atom is -0.461 e. The van der Waals surface area contributed by atoms with Gasteiger partial charge in [-0.05, 0) is 36.7 Å². The molecule has 1 saturated carbocycles. The molecular formula is C21H30O5Si. The average Bonchev–Trinajstić information content (AvgIpc) is 3.08. The summed E-state index contributed by atoms with van der Waals surface area (Å²) in [4.78, 5) is 24.3. The number of esters is 2. The van der Waals surface area contributed by atoms with Crippen molar-refractivity contribution < 1.29 is 23.5 Å². The number of hydrogen-bond acceptors (Lipinski definition) is 5. The van der Waals surface area contributed by atoms with Crippen molar-refractivity contribution in [1.82, 2.24) is 0 Å². The van der Waals surface area contributed by atoms with Gasteiger partial charge in [-0.25, -0.2) is 4.79 Å². The molecule has 0 bridgehead atoms. The van der Waals surface area contributed by atoms with Crippen LogP contribution in [0.25, 0.3) is 0 Å². The Kier molecular flexibility index (Phi) is 5.50. The molecular weight excluding hydrogens is 360 g/mol. The first kappa shape index (κ1) is 20.1. The number of rotatable bonds is 5. The number of carbonyl (C=O) groups is 2. The van der Waals surface area contributed by atoms with E-state index in [9.17, 15) is 9.59 Å². The summed E-state index contributed by atoms with van der Waals surface area (Å²) in [7, 11) is -1.95. The van der Waals surface area contributed by atoms with E-state index in [0.29, 0.717) is 25.0 Å². The van der Waals surface area contributed by atoms with Crippen LogP contribution in [0.2, 0.25) is 18.1 Å². The van der Waals surface area contributed by atoms with Gasteiger partial charge in [0, 0.05) is 12.5 Å². The third-order valence-corrected chi connectivity index (χ3v) is 10.8. The Hall–Kier alpha value is -1.66. The summed E-state index contributed by atoms with van der Waals surface area (Å²) in [5.74, 6) is -0.485. The number of carbonyl (C=O) groups excluding carboxylic acids is 2. The molecule has 27 heavy (non-hydrogen) atoms. The summed E-state index contributed by atoms with van der Waals surface area (Å²) in [5.41, 5.74) is 0.538. The van der Waals surface area contributed by atoms with Gasteiger partial charge >= 0.3 is 11.9 Å². The largest absolute Gasteiger partial charge is 0.461 e. The molecule has 1 aromatic rings. The van der Waals surface area contributed by atoms with Crippen LogP contribution < -0.4 is 0 Å². The van der Waals surface area contributed by atoms with Crippen LogP contribution in [0.15, 0.2) is 30.3 Å². The highest BCUT2D eigenvalue weighted by atomic mass is 28.4. The first-order valence-electron chi connectivity index (χ1n) is 9.68. The van der Waals surface area contributed by atoms with E-state index in [1.165, 1.54) is 0 Å². The van der Waals surface area contributed by atoms with Crippen LogP contribution in [-0.4, -0.2) is 39.1 Å². The zero-order chi connectivity index (χ0) is 19.8. The minimum absolute atomic E-state index is 0.0908. The topological polar surface area (TPSA) is 61.8 Å². The van der Waals surface area contributed by atoms with Gasteiger partial charge in [0.2, 0.25) is 0 Å². The van der Waals surface area contributed by atoms with Crippen molar-refractivity contribution in [3.05, 3.63) is 35.9 Å². The first-order valence-corrected chi connectivity index (χ1v) is 12.6. The lowest BCUT2D eigenvalue weighted by atomic mass is 10.0. The summed E-state index contributed by atoms with van der Waals surface area (Å²) in [6.07, 6.45) is 0.558. The second-order valence-corrected chi connectivity index (χ2v) is 14.0. The summed E-state index contributed by atoms with van der Waals surface area (Å²) in [6.45, 7) is 11.4. The molecule has 2 fully saturated rings. The van der Waals surface area contributed by atoms with Gasteiger partial charge < -0.3 is 13.9 Å². The van der Waals surface area contributed by atoms with E-state index in [2.05, 4.69) is 33.9 Å². The minimum atomic E-state index is -1.95. The van der Waals surface area contributed by atoms with Crippen LogP contribution in [0.4, 0.5) is 0 Å². The first-order chi connectivity index (χ1) is 12.6. The van der Waals surface area contributed by atoms with Gasteiger partial charge in [0.25, 0.3) is 0 Å². The van der Waals surface area contributed by atoms with Gasteiger partial charge in [-0.2, -0.15) is 0 Å². The van der Waals surface area contributed by atoms with E-state index in [1.54, 1.807) is 12.1 Å². The molecule has 0 aromatic heterocycles. The van der Waals surface area contributed by atoms with E-state index >= 15 is 0 Å². The van der Waals surface area contributed by atoms with Gasteiger partial charge in [-0.1, -0.05) is 39.0 Å². The molecule has 1 aromatic carbocycles. The van der Waals surface area contributed by atoms with Gasteiger partial charge in [-0.15, -0.1) is 0 Å². The van der Waals surface area contributed by atoms with Crippen molar-refractivity contribution in [2.75, 3.05) is 6.61 Å². The van der Waals surface area contributed by atoms with E-state index in [1.807, 2.05) is 18.2 Å². The van der Waals surface area contributed by atoms with Gasteiger partial charge in [0.1, 0.15) is 12.2 Å². The number of benzene rings is 1. The highest BCUT2D eigenvalue weighted by Crippen LogP contribution is 2.44. The lowest BCUT2D eigenvalue weighted by Crippen LogP contribution is -2.44. The Bertz CT molecular complexity index is 694. The van der Waals surface area contributed by atoms with Crippen LogP contribution in [-0.2, 0) is 18.7 Å². The van der Waals surface area contributed by atoms with Crippen molar-refractivity contribution in [1.29, 1.82) is 0 Å². The Morgan fingerprint density at radius 1 is 1.22 bits per heavy atom. The fourth-order valence-corrected chi connectivity index (χ4v) is 4.65. The second kappa shape index (κ2) is 7.39. The van der Waals surface area contributed by atoms with E-state index in [4.69, 9.17) is 13.9 Å². The molecule has 1 heterocycles. The lowest BCUT2D eigenvalue weighted by molar-refractivity contribution is -0.144. The molecule has 0 amide bonds. The highest BCUT2D eigenvalue weighted by Gasteiger charge is 2.52. The summed E-state index contributed by atoms with van der Waals surface area (Å²) in [6, 6.07) is 9.00. The predicted molar refractivity (Wildman–Crippen MR) is 105 cm³/mol. The molecule has 0 spiro atoms. The number of ether oxygens (including phenoxy) is 2. The fourth-order valence-electron chi connectivity index (χ4n) is 3.60. The molecule has 5 nitrogen and oxygen atoms in total. The standard InChI is InChI=1S/C21H30O5Si/c1-21(2,3)27(4,5)24-13-16-17(11-15-12-18(22)26-19(15)16)25-20(23)14-9-7-6-8-10-14/h6-10,15-17,19H,11-13H2,1-5H3/t15?,16-,17+,19?/m0/s1. The maximum absolute atomic E-state index is 12.5. The van der Waals surface area contributed by atoms with Crippen LogP contribution >= 0.6 is 0 Å². The smallest absolute Gasteiger partial charge is 0.338 e. The van der Waals surface area contributed by atoms with E-state index in [0.717, 1.165) is 0 Å². The molecule has 2 unspecified atom stereocenters. The lowest BCUT2D eigenvalue weighted by Gasteiger charge is -2.38. The van der Waals surface area contributed by atoms with Crippen LogP contribution in [0.5, 0.6) is 0 Å². The second-order valence-electron chi connectivity index (χ2n) is 9.20. The Balaban J connectivity index is 1.72. The van der Waals surface area contributed by atoms with Crippen LogP contribution in [0.1, 0.15) is 44.0 Å². The third kappa shape index (κ3) is 4.27. The summed E-state index contributed by atoms with van der Waals surface area (Å²) >= 11 is 0. The van der Waals surface area contributed by atoms with E-state index < -0.39 is 8.32 Å². The van der Waals surface area contributed by atoms with Gasteiger partial charge in [-0.3, -0.25) is 4.79 Å². The summed E-state index contributed by atoms with van der Waals surface area (Å²) in [5, 5.41) is 0.0908. The maximum atomic E-state index is 12.5. The zero-order valence-electron chi connectivity index (χ0n) is 16.9.